The molecule has 3 N–H and O–H groups in total. The quantitative estimate of drug-likeness (QED) is 0.606. The van der Waals surface area contributed by atoms with Gasteiger partial charge in [0, 0.05) is 35.7 Å². The molecule has 3 amide bonds. The van der Waals surface area contributed by atoms with Gasteiger partial charge in [0.05, 0.1) is 11.6 Å². The normalized spacial score (nSPS) is 9.87. The molecule has 8 heteroatoms. The number of nitriles is 1. The zero-order valence-electron chi connectivity index (χ0n) is 16.0. The first-order valence-corrected chi connectivity index (χ1v) is 8.91. The highest BCUT2D eigenvalue weighted by Gasteiger charge is 2.13. The summed E-state index contributed by atoms with van der Waals surface area (Å²) in [6, 6.07) is 18.0. The van der Waals surface area contributed by atoms with Crippen molar-refractivity contribution in [2.75, 3.05) is 16.0 Å². The Bertz CT molecular complexity index is 1150. The van der Waals surface area contributed by atoms with Crippen molar-refractivity contribution in [3.05, 3.63) is 83.7 Å². The molecule has 1 aromatic heterocycles. The van der Waals surface area contributed by atoms with Gasteiger partial charge < -0.3 is 16.0 Å². The molecule has 0 aliphatic heterocycles. The van der Waals surface area contributed by atoms with E-state index < -0.39 is 11.8 Å². The second-order valence-electron chi connectivity index (χ2n) is 6.29. The Kier molecular flexibility index (Phi) is 6.15. The predicted molar refractivity (Wildman–Crippen MR) is 112 cm³/mol. The van der Waals surface area contributed by atoms with Gasteiger partial charge in [0.1, 0.15) is 5.69 Å². The van der Waals surface area contributed by atoms with Crippen molar-refractivity contribution < 1.29 is 14.4 Å². The minimum Gasteiger partial charge on any atom is -0.326 e. The molecule has 8 nitrogen and oxygen atoms in total. The molecule has 3 aromatic rings. The lowest BCUT2D eigenvalue weighted by atomic mass is 10.2. The van der Waals surface area contributed by atoms with Crippen molar-refractivity contribution in [3.8, 4) is 6.07 Å². The molecule has 3 rings (SSSR count). The van der Waals surface area contributed by atoms with Gasteiger partial charge in [-0.3, -0.25) is 19.4 Å². The Balaban J connectivity index is 1.71. The monoisotopic (exact) mass is 399 g/mol. The number of hydrogen-bond acceptors (Lipinski definition) is 5. The highest BCUT2D eigenvalue weighted by atomic mass is 16.2. The molecule has 30 heavy (non-hydrogen) atoms. The maximum atomic E-state index is 12.6. The van der Waals surface area contributed by atoms with E-state index in [-0.39, 0.29) is 17.2 Å². The highest BCUT2D eigenvalue weighted by Crippen LogP contribution is 2.17. The molecule has 0 saturated carbocycles. The number of nitrogens with zero attached hydrogens (tertiary/aromatic N) is 2. The van der Waals surface area contributed by atoms with Gasteiger partial charge in [-0.15, -0.1) is 0 Å². The number of carbonyl (C=O) groups is 3. The lowest BCUT2D eigenvalue weighted by Crippen LogP contribution is -2.17. The van der Waals surface area contributed by atoms with Crippen LogP contribution in [0, 0.1) is 11.3 Å². The lowest BCUT2D eigenvalue weighted by Gasteiger charge is -2.09. The van der Waals surface area contributed by atoms with Crippen LogP contribution >= 0.6 is 0 Å². The van der Waals surface area contributed by atoms with Crippen LogP contribution in [0.15, 0.2) is 66.9 Å². The van der Waals surface area contributed by atoms with Gasteiger partial charge in [0.2, 0.25) is 5.91 Å². The summed E-state index contributed by atoms with van der Waals surface area (Å²) in [5.74, 6) is -1.13. The Morgan fingerprint density at radius 3 is 2.17 bits per heavy atom. The van der Waals surface area contributed by atoms with Crippen LogP contribution in [-0.4, -0.2) is 22.7 Å². The zero-order valence-corrected chi connectivity index (χ0v) is 16.0. The number of amides is 3. The fourth-order valence-corrected chi connectivity index (χ4v) is 2.60. The highest BCUT2D eigenvalue weighted by molar-refractivity contribution is 6.08. The van der Waals surface area contributed by atoms with Crippen LogP contribution in [0.3, 0.4) is 0 Å². The fourth-order valence-electron chi connectivity index (χ4n) is 2.60. The topological polar surface area (TPSA) is 124 Å². The first kappa shape index (κ1) is 20.2. The summed E-state index contributed by atoms with van der Waals surface area (Å²) in [4.78, 5) is 40.2. The maximum Gasteiger partial charge on any atom is 0.274 e. The van der Waals surface area contributed by atoms with Crippen LogP contribution < -0.4 is 16.0 Å². The third-order valence-corrected chi connectivity index (χ3v) is 3.97. The summed E-state index contributed by atoms with van der Waals surface area (Å²) < 4.78 is 0. The van der Waals surface area contributed by atoms with E-state index in [2.05, 4.69) is 20.9 Å². The van der Waals surface area contributed by atoms with E-state index in [9.17, 15) is 14.4 Å². The summed E-state index contributed by atoms with van der Waals surface area (Å²) in [7, 11) is 0. The minimum absolute atomic E-state index is 0.0685. The average Bonchev–Trinajstić information content (AvgIpc) is 2.74. The van der Waals surface area contributed by atoms with Gasteiger partial charge in [0.15, 0.2) is 0 Å². The van der Waals surface area contributed by atoms with Crippen LogP contribution in [-0.2, 0) is 4.79 Å². The molecular formula is C22H17N5O3. The molecule has 0 saturated heterocycles. The predicted octanol–water partition coefficient (Wildman–Crippen LogP) is 3.42. The standard InChI is InChI=1S/C22H17N5O3/c1-14(28)25-18-3-2-4-19(12-18)27-21(29)16-9-10-24-20(11-16)22(30)26-17-7-5-15(13-23)6-8-17/h2-12H,1H3,(H,25,28)(H,26,30)(H,27,29). The van der Waals surface area contributed by atoms with Crippen LogP contribution in [0.4, 0.5) is 17.1 Å². The molecule has 1 heterocycles. The first-order valence-electron chi connectivity index (χ1n) is 8.91. The van der Waals surface area contributed by atoms with Crippen molar-refractivity contribution in [1.29, 1.82) is 5.26 Å². The molecule has 148 valence electrons. The van der Waals surface area contributed by atoms with Gasteiger partial charge in [0.25, 0.3) is 11.8 Å². The molecule has 0 atom stereocenters. The number of benzene rings is 2. The Morgan fingerprint density at radius 1 is 0.833 bits per heavy atom. The van der Waals surface area contributed by atoms with Gasteiger partial charge in [-0.1, -0.05) is 6.07 Å². The number of carbonyl (C=O) groups excluding carboxylic acids is 3. The van der Waals surface area contributed by atoms with E-state index in [0.717, 1.165) is 0 Å². The van der Waals surface area contributed by atoms with E-state index in [0.29, 0.717) is 22.6 Å². The van der Waals surface area contributed by atoms with E-state index in [4.69, 9.17) is 5.26 Å². The number of pyridine rings is 1. The molecule has 0 aliphatic carbocycles. The van der Waals surface area contributed by atoms with Gasteiger partial charge in [-0.2, -0.15) is 5.26 Å². The third kappa shape index (κ3) is 5.27. The summed E-state index contributed by atoms with van der Waals surface area (Å²) in [5.41, 5.74) is 2.35. The number of anilines is 3. The minimum atomic E-state index is -0.484. The maximum absolute atomic E-state index is 12.6. The Morgan fingerprint density at radius 2 is 1.50 bits per heavy atom. The number of rotatable bonds is 5. The van der Waals surface area contributed by atoms with Crippen molar-refractivity contribution >= 4 is 34.8 Å². The van der Waals surface area contributed by atoms with Crippen LogP contribution in [0.1, 0.15) is 33.3 Å². The van der Waals surface area contributed by atoms with Gasteiger partial charge in [-0.05, 0) is 54.6 Å². The smallest absolute Gasteiger partial charge is 0.274 e. The van der Waals surface area contributed by atoms with Crippen molar-refractivity contribution in [2.24, 2.45) is 0 Å². The van der Waals surface area contributed by atoms with Crippen molar-refractivity contribution in [1.82, 2.24) is 4.98 Å². The van der Waals surface area contributed by atoms with E-state index in [1.54, 1.807) is 48.5 Å². The molecule has 0 aliphatic rings. The molecule has 2 aromatic carbocycles. The van der Waals surface area contributed by atoms with Crippen molar-refractivity contribution in [2.45, 2.75) is 6.92 Å². The molecular weight excluding hydrogens is 382 g/mol. The fraction of sp³-hybridized carbons (Fsp3) is 0.0455. The number of aromatic nitrogens is 1. The third-order valence-electron chi connectivity index (χ3n) is 3.97. The van der Waals surface area contributed by atoms with Crippen LogP contribution in [0.5, 0.6) is 0 Å². The van der Waals surface area contributed by atoms with E-state index in [1.807, 2.05) is 6.07 Å². The van der Waals surface area contributed by atoms with Gasteiger partial charge in [-0.25, -0.2) is 0 Å². The molecule has 0 unspecified atom stereocenters. The average molecular weight is 399 g/mol. The first-order chi connectivity index (χ1) is 14.4. The molecule has 0 radical (unpaired) electrons. The van der Waals surface area contributed by atoms with E-state index in [1.165, 1.54) is 25.3 Å². The largest absolute Gasteiger partial charge is 0.326 e. The van der Waals surface area contributed by atoms with E-state index >= 15 is 0 Å². The van der Waals surface area contributed by atoms with Crippen molar-refractivity contribution in [3.63, 3.8) is 0 Å². The summed E-state index contributed by atoms with van der Waals surface area (Å²) in [6.07, 6.45) is 1.37. The summed E-state index contributed by atoms with van der Waals surface area (Å²) in [6.45, 7) is 1.40. The molecule has 0 bridgehead atoms. The lowest BCUT2D eigenvalue weighted by molar-refractivity contribution is -0.114. The van der Waals surface area contributed by atoms with Crippen LogP contribution in [0.25, 0.3) is 0 Å². The van der Waals surface area contributed by atoms with Gasteiger partial charge >= 0.3 is 0 Å². The summed E-state index contributed by atoms with van der Waals surface area (Å²) in [5, 5.41) is 16.9. The van der Waals surface area contributed by atoms with Crippen LogP contribution in [0.2, 0.25) is 0 Å². The molecule has 0 fully saturated rings. The summed E-state index contributed by atoms with van der Waals surface area (Å²) >= 11 is 0. The SMILES string of the molecule is CC(=O)Nc1cccc(NC(=O)c2ccnc(C(=O)Nc3ccc(C#N)cc3)c2)c1. The number of nitrogens with one attached hydrogen (secondary N) is 3. The molecule has 0 spiro atoms. The number of hydrogen-bond donors (Lipinski definition) is 3. The zero-order chi connectivity index (χ0) is 21.5. The second kappa shape index (κ2) is 9.12. The second-order valence-corrected chi connectivity index (χ2v) is 6.29. The Hall–Kier alpha value is -4.51. The Labute approximate surface area is 172 Å².